The highest BCUT2D eigenvalue weighted by Crippen LogP contribution is 2.48. The van der Waals surface area contributed by atoms with Crippen LogP contribution >= 0.6 is 12.2 Å². The summed E-state index contributed by atoms with van der Waals surface area (Å²) in [5.41, 5.74) is 4.04. The van der Waals surface area contributed by atoms with E-state index in [1.54, 1.807) is 0 Å². The summed E-state index contributed by atoms with van der Waals surface area (Å²) in [5.74, 6) is 1.53. The van der Waals surface area contributed by atoms with Gasteiger partial charge in [0.15, 0.2) is 0 Å². The molecular formula is C27H34N4OS. The van der Waals surface area contributed by atoms with Gasteiger partial charge in [-0.15, -0.1) is 0 Å². The smallest absolute Gasteiger partial charge is 0.221 e. The van der Waals surface area contributed by atoms with E-state index in [0.29, 0.717) is 11.0 Å². The molecule has 6 heteroatoms. The van der Waals surface area contributed by atoms with Crippen molar-refractivity contribution in [1.82, 2.24) is 0 Å². The van der Waals surface area contributed by atoms with Gasteiger partial charge in [-0.1, -0.05) is 38.5 Å². The van der Waals surface area contributed by atoms with Crippen LogP contribution in [0.15, 0.2) is 53.5 Å². The van der Waals surface area contributed by atoms with Crippen LogP contribution in [0.2, 0.25) is 0 Å². The molecule has 0 radical (unpaired) electrons. The quantitative estimate of drug-likeness (QED) is 0.508. The summed E-state index contributed by atoms with van der Waals surface area (Å²) in [5, 5.41) is 7.04. The second-order valence-electron chi connectivity index (χ2n) is 10.5. The SMILES string of the molecule is CC(=O)Nc1ccc(N2C(=S)N=C(Nc3ccc(C)cc3)C23CCC(C(C)(C)C)CC3)cc1. The Bertz CT molecular complexity index is 1060. The van der Waals surface area contributed by atoms with Crippen LogP contribution in [0.3, 0.4) is 0 Å². The van der Waals surface area contributed by atoms with Gasteiger partial charge in [-0.05, 0) is 92.6 Å². The number of anilines is 3. The van der Waals surface area contributed by atoms with Crippen LogP contribution < -0.4 is 15.5 Å². The first-order valence-electron chi connectivity index (χ1n) is 11.7. The molecule has 0 bridgehead atoms. The zero-order valence-electron chi connectivity index (χ0n) is 20.2. The number of aliphatic imine (C=N–C) groups is 1. The zero-order valence-corrected chi connectivity index (χ0v) is 21.1. The van der Waals surface area contributed by atoms with E-state index in [0.717, 1.165) is 48.6 Å². The van der Waals surface area contributed by atoms with Crippen LogP contribution in [0.25, 0.3) is 0 Å². The van der Waals surface area contributed by atoms with Gasteiger partial charge in [0.25, 0.3) is 0 Å². The van der Waals surface area contributed by atoms with Crippen molar-refractivity contribution in [2.24, 2.45) is 16.3 Å². The maximum Gasteiger partial charge on any atom is 0.221 e. The molecule has 0 unspecified atom stereocenters. The van der Waals surface area contributed by atoms with Crippen LogP contribution in [0.4, 0.5) is 17.1 Å². The number of benzene rings is 2. The Hall–Kier alpha value is -2.73. The molecule has 1 aliphatic heterocycles. The number of nitrogens with one attached hydrogen (secondary N) is 2. The van der Waals surface area contributed by atoms with Crippen LogP contribution in [-0.4, -0.2) is 22.4 Å². The zero-order chi connectivity index (χ0) is 23.8. The predicted molar refractivity (Wildman–Crippen MR) is 142 cm³/mol. The van der Waals surface area contributed by atoms with Gasteiger partial charge in [0.05, 0.1) is 0 Å². The molecule has 0 atom stereocenters. The molecule has 0 aromatic heterocycles. The molecule has 4 rings (SSSR count). The van der Waals surface area contributed by atoms with E-state index < -0.39 is 0 Å². The van der Waals surface area contributed by atoms with E-state index in [1.165, 1.54) is 12.5 Å². The second kappa shape index (κ2) is 8.90. The minimum atomic E-state index is -0.292. The van der Waals surface area contributed by atoms with Gasteiger partial charge >= 0.3 is 0 Å². The molecule has 1 spiro atoms. The van der Waals surface area contributed by atoms with E-state index in [2.05, 4.69) is 67.5 Å². The predicted octanol–water partition coefficient (Wildman–Crippen LogP) is 6.54. The van der Waals surface area contributed by atoms with Gasteiger partial charge in [0, 0.05) is 24.0 Å². The van der Waals surface area contributed by atoms with Crippen molar-refractivity contribution in [3.63, 3.8) is 0 Å². The first kappa shape index (κ1) is 23.4. The van der Waals surface area contributed by atoms with Crippen molar-refractivity contribution in [2.75, 3.05) is 15.5 Å². The highest BCUT2D eigenvalue weighted by molar-refractivity contribution is 7.80. The fraction of sp³-hybridized carbons (Fsp3) is 0.444. The molecule has 2 aromatic rings. The molecule has 33 heavy (non-hydrogen) atoms. The molecule has 2 N–H and O–H groups in total. The highest BCUT2D eigenvalue weighted by atomic mass is 32.1. The summed E-state index contributed by atoms with van der Waals surface area (Å²) in [4.78, 5) is 18.6. The van der Waals surface area contributed by atoms with E-state index in [1.807, 2.05) is 24.3 Å². The summed E-state index contributed by atoms with van der Waals surface area (Å²) < 4.78 is 0. The fourth-order valence-electron chi connectivity index (χ4n) is 5.13. The van der Waals surface area contributed by atoms with Crippen LogP contribution in [-0.2, 0) is 4.79 Å². The third-order valence-corrected chi connectivity index (χ3v) is 7.34. The lowest BCUT2D eigenvalue weighted by molar-refractivity contribution is -0.114. The largest absolute Gasteiger partial charge is 0.342 e. The molecule has 1 heterocycles. The number of carbonyl (C=O) groups excluding carboxylic acids is 1. The Balaban J connectivity index is 1.67. The third-order valence-electron chi connectivity index (χ3n) is 7.07. The average Bonchev–Trinajstić information content (AvgIpc) is 3.00. The lowest BCUT2D eigenvalue weighted by Crippen LogP contribution is -2.56. The van der Waals surface area contributed by atoms with Gasteiger partial charge in [0.1, 0.15) is 11.4 Å². The highest BCUT2D eigenvalue weighted by Gasteiger charge is 2.51. The maximum absolute atomic E-state index is 11.4. The van der Waals surface area contributed by atoms with Crippen LogP contribution in [0, 0.1) is 18.3 Å². The Morgan fingerprint density at radius 2 is 1.61 bits per heavy atom. The lowest BCUT2D eigenvalue weighted by atomic mass is 9.66. The fourth-order valence-corrected chi connectivity index (χ4v) is 5.50. The van der Waals surface area contributed by atoms with E-state index >= 15 is 0 Å². The van der Waals surface area contributed by atoms with Crippen molar-refractivity contribution in [3.05, 3.63) is 54.1 Å². The first-order chi connectivity index (χ1) is 15.6. The monoisotopic (exact) mass is 462 g/mol. The molecule has 0 saturated heterocycles. The molecular weight excluding hydrogens is 428 g/mol. The van der Waals surface area contributed by atoms with E-state index in [-0.39, 0.29) is 16.9 Å². The summed E-state index contributed by atoms with van der Waals surface area (Å²) >= 11 is 5.82. The summed E-state index contributed by atoms with van der Waals surface area (Å²) in [6.07, 6.45) is 4.23. The Labute approximate surface area is 202 Å². The van der Waals surface area contributed by atoms with Crippen LogP contribution in [0.1, 0.15) is 58.9 Å². The summed E-state index contributed by atoms with van der Waals surface area (Å²) in [6, 6.07) is 16.3. The topological polar surface area (TPSA) is 56.7 Å². The average molecular weight is 463 g/mol. The standard InChI is InChI=1S/C27H34N4OS/c1-18-6-8-22(9-7-18)29-24-27(16-14-20(15-17-27)26(3,4)5)31(25(33)30-24)23-12-10-21(11-13-23)28-19(2)32/h6-13,20H,14-17H2,1-5H3,(H,28,32)(H,29,30,33). The molecule has 1 aliphatic carbocycles. The number of amides is 1. The minimum absolute atomic E-state index is 0.0793. The lowest BCUT2D eigenvalue weighted by Gasteiger charge is -2.47. The van der Waals surface area contributed by atoms with Crippen molar-refractivity contribution < 1.29 is 4.79 Å². The summed E-state index contributed by atoms with van der Waals surface area (Å²) in [6.45, 7) is 10.6. The van der Waals surface area contributed by atoms with Crippen molar-refractivity contribution in [3.8, 4) is 0 Å². The number of hydrogen-bond donors (Lipinski definition) is 2. The molecule has 2 aliphatic rings. The van der Waals surface area contributed by atoms with Gasteiger partial charge in [-0.3, -0.25) is 4.79 Å². The molecule has 5 nitrogen and oxygen atoms in total. The van der Waals surface area contributed by atoms with Crippen LogP contribution in [0.5, 0.6) is 0 Å². The Kier molecular flexibility index (Phi) is 6.32. The van der Waals surface area contributed by atoms with Crippen molar-refractivity contribution in [1.29, 1.82) is 0 Å². The molecule has 2 aromatic carbocycles. The molecule has 174 valence electrons. The summed E-state index contributed by atoms with van der Waals surface area (Å²) in [7, 11) is 0. The number of amidine groups is 1. The third kappa shape index (κ3) is 4.81. The normalized spacial score (nSPS) is 22.9. The Morgan fingerprint density at radius 1 is 1.03 bits per heavy atom. The number of carbonyl (C=O) groups is 1. The number of aryl methyl sites for hydroxylation is 1. The van der Waals surface area contributed by atoms with E-state index in [4.69, 9.17) is 17.2 Å². The number of rotatable bonds is 3. The van der Waals surface area contributed by atoms with Crippen molar-refractivity contribution >= 4 is 46.1 Å². The molecule has 1 saturated carbocycles. The number of thiocarbonyl (C=S) groups is 1. The first-order valence-corrected chi connectivity index (χ1v) is 12.1. The number of hydrogen-bond acceptors (Lipinski definition) is 3. The number of nitrogens with zero attached hydrogens (tertiary/aromatic N) is 2. The maximum atomic E-state index is 11.4. The second-order valence-corrected chi connectivity index (χ2v) is 10.8. The van der Waals surface area contributed by atoms with Gasteiger partial charge in [-0.2, -0.15) is 0 Å². The van der Waals surface area contributed by atoms with E-state index in [9.17, 15) is 4.79 Å². The molecule has 1 fully saturated rings. The minimum Gasteiger partial charge on any atom is -0.342 e. The van der Waals surface area contributed by atoms with Crippen molar-refractivity contribution in [2.45, 2.75) is 65.8 Å². The molecule has 1 amide bonds. The van der Waals surface area contributed by atoms with Gasteiger partial charge in [-0.25, -0.2) is 4.99 Å². The van der Waals surface area contributed by atoms with Gasteiger partial charge < -0.3 is 15.5 Å². The van der Waals surface area contributed by atoms with Gasteiger partial charge in [0.2, 0.25) is 11.0 Å². The Morgan fingerprint density at radius 3 is 2.15 bits per heavy atom.